The van der Waals surface area contributed by atoms with E-state index in [-0.39, 0.29) is 12.5 Å². The summed E-state index contributed by atoms with van der Waals surface area (Å²) < 4.78 is 6.27. The largest absolute Gasteiger partial charge is 0.482 e. The zero-order chi connectivity index (χ0) is 14.8. The van der Waals surface area contributed by atoms with Gasteiger partial charge in [-0.15, -0.1) is 0 Å². The third-order valence-corrected chi connectivity index (χ3v) is 3.96. The van der Waals surface area contributed by atoms with Crippen LogP contribution in [0, 0.1) is 0 Å². The molecule has 21 heavy (non-hydrogen) atoms. The molecule has 0 saturated heterocycles. The Morgan fingerprint density at radius 1 is 1.29 bits per heavy atom. The van der Waals surface area contributed by atoms with Crippen LogP contribution < -0.4 is 15.4 Å². The standard InChI is InChI=1S/C15H12BrClN2O2/c16-10-2-1-9(12(17)5-10)7-18-11-3-4-14-13(6-11)19-15(20)8-21-14/h1-6,18H,7-8H2,(H,19,20). The van der Waals surface area contributed by atoms with Crippen molar-refractivity contribution in [2.75, 3.05) is 17.2 Å². The van der Waals surface area contributed by atoms with E-state index in [9.17, 15) is 4.79 Å². The van der Waals surface area contributed by atoms with Crippen molar-refractivity contribution in [1.82, 2.24) is 0 Å². The number of anilines is 2. The monoisotopic (exact) mass is 366 g/mol. The second kappa shape index (κ2) is 5.95. The first-order valence-corrected chi connectivity index (χ1v) is 7.53. The lowest BCUT2D eigenvalue weighted by atomic mass is 10.2. The number of hydrogen-bond donors (Lipinski definition) is 2. The average molecular weight is 368 g/mol. The number of rotatable bonds is 3. The first-order chi connectivity index (χ1) is 10.1. The SMILES string of the molecule is O=C1COc2ccc(NCc3ccc(Br)cc3Cl)cc2N1. The Labute approximate surface area is 135 Å². The van der Waals surface area contributed by atoms with Crippen LogP contribution in [-0.4, -0.2) is 12.5 Å². The molecule has 0 spiro atoms. The summed E-state index contributed by atoms with van der Waals surface area (Å²) in [5.74, 6) is 0.539. The van der Waals surface area contributed by atoms with E-state index in [2.05, 4.69) is 26.6 Å². The smallest absolute Gasteiger partial charge is 0.262 e. The summed E-state index contributed by atoms with van der Waals surface area (Å²) in [6.07, 6.45) is 0. The molecule has 0 bridgehead atoms. The van der Waals surface area contributed by atoms with Gasteiger partial charge in [0.15, 0.2) is 6.61 Å². The van der Waals surface area contributed by atoms with Gasteiger partial charge < -0.3 is 15.4 Å². The second-order valence-electron chi connectivity index (χ2n) is 4.64. The number of benzene rings is 2. The van der Waals surface area contributed by atoms with Gasteiger partial charge in [0, 0.05) is 21.7 Å². The Hall–Kier alpha value is -1.72. The number of carbonyl (C=O) groups is 1. The minimum Gasteiger partial charge on any atom is -0.482 e. The Bertz CT molecular complexity index is 706. The van der Waals surface area contributed by atoms with Crippen LogP contribution in [0.15, 0.2) is 40.9 Å². The van der Waals surface area contributed by atoms with Gasteiger partial charge in [0.25, 0.3) is 5.91 Å². The van der Waals surface area contributed by atoms with Gasteiger partial charge in [-0.25, -0.2) is 0 Å². The minimum atomic E-state index is -0.143. The lowest BCUT2D eigenvalue weighted by Crippen LogP contribution is -2.25. The maximum absolute atomic E-state index is 11.3. The van der Waals surface area contributed by atoms with Crippen LogP contribution in [-0.2, 0) is 11.3 Å². The lowest BCUT2D eigenvalue weighted by Gasteiger charge is -2.19. The van der Waals surface area contributed by atoms with Crippen LogP contribution in [0.5, 0.6) is 5.75 Å². The van der Waals surface area contributed by atoms with E-state index in [4.69, 9.17) is 16.3 Å². The van der Waals surface area contributed by atoms with Crippen LogP contribution in [0.1, 0.15) is 5.56 Å². The maximum atomic E-state index is 11.3. The van der Waals surface area contributed by atoms with Gasteiger partial charge in [-0.05, 0) is 35.9 Å². The molecule has 3 rings (SSSR count). The predicted octanol–water partition coefficient (Wildman–Crippen LogP) is 4.05. The van der Waals surface area contributed by atoms with Gasteiger partial charge in [0.1, 0.15) is 5.75 Å². The van der Waals surface area contributed by atoms with Crippen molar-refractivity contribution in [1.29, 1.82) is 0 Å². The van der Waals surface area contributed by atoms with Crippen molar-refractivity contribution in [2.45, 2.75) is 6.54 Å². The molecule has 0 aromatic heterocycles. The van der Waals surface area contributed by atoms with Gasteiger partial charge in [0.2, 0.25) is 0 Å². The molecule has 2 aromatic rings. The molecule has 1 aliphatic heterocycles. The van der Waals surface area contributed by atoms with Gasteiger partial charge in [-0.2, -0.15) is 0 Å². The molecule has 0 fully saturated rings. The predicted molar refractivity (Wildman–Crippen MR) is 87.0 cm³/mol. The van der Waals surface area contributed by atoms with Crippen LogP contribution >= 0.6 is 27.5 Å². The van der Waals surface area contributed by atoms with E-state index in [1.165, 1.54) is 0 Å². The molecule has 1 amide bonds. The number of ether oxygens (including phenoxy) is 1. The van der Waals surface area contributed by atoms with Crippen molar-refractivity contribution in [2.24, 2.45) is 0 Å². The number of halogens is 2. The molecule has 0 atom stereocenters. The molecule has 2 N–H and O–H groups in total. The van der Waals surface area contributed by atoms with Crippen molar-refractivity contribution < 1.29 is 9.53 Å². The lowest BCUT2D eigenvalue weighted by molar-refractivity contribution is -0.118. The zero-order valence-electron chi connectivity index (χ0n) is 11.0. The van der Waals surface area contributed by atoms with Gasteiger partial charge in [0.05, 0.1) is 5.69 Å². The van der Waals surface area contributed by atoms with E-state index >= 15 is 0 Å². The highest BCUT2D eigenvalue weighted by molar-refractivity contribution is 9.10. The molecule has 108 valence electrons. The third kappa shape index (κ3) is 3.31. The molecule has 0 unspecified atom stereocenters. The van der Waals surface area contributed by atoms with Crippen LogP contribution in [0.3, 0.4) is 0 Å². The molecule has 1 heterocycles. The Kier molecular flexibility index (Phi) is 4.03. The van der Waals surface area contributed by atoms with Gasteiger partial charge in [-0.3, -0.25) is 4.79 Å². The van der Waals surface area contributed by atoms with Crippen molar-refractivity contribution in [3.8, 4) is 5.75 Å². The van der Waals surface area contributed by atoms with Crippen LogP contribution in [0.25, 0.3) is 0 Å². The van der Waals surface area contributed by atoms with Gasteiger partial charge >= 0.3 is 0 Å². The first-order valence-electron chi connectivity index (χ1n) is 6.36. The molecule has 0 radical (unpaired) electrons. The van der Waals surface area contributed by atoms with Crippen molar-refractivity contribution in [3.05, 3.63) is 51.5 Å². The number of amides is 1. The fourth-order valence-corrected chi connectivity index (χ4v) is 2.80. The molecule has 0 aliphatic carbocycles. The second-order valence-corrected chi connectivity index (χ2v) is 5.96. The first kappa shape index (κ1) is 14.2. The quantitative estimate of drug-likeness (QED) is 0.860. The Morgan fingerprint density at radius 3 is 2.95 bits per heavy atom. The Balaban J connectivity index is 1.73. The molecular formula is C15H12BrClN2O2. The van der Waals surface area contributed by atoms with E-state index in [0.29, 0.717) is 23.0 Å². The highest BCUT2D eigenvalue weighted by atomic mass is 79.9. The summed E-state index contributed by atoms with van der Waals surface area (Å²) in [6, 6.07) is 11.4. The van der Waals surface area contributed by atoms with E-state index in [1.807, 2.05) is 36.4 Å². The summed E-state index contributed by atoms with van der Waals surface area (Å²) in [5.41, 5.74) is 2.56. The molecule has 0 saturated carbocycles. The van der Waals surface area contributed by atoms with E-state index < -0.39 is 0 Å². The van der Waals surface area contributed by atoms with E-state index in [0.717, 1.165) is 15.7 Å². The fourth-order valence-electron chi connectivity index (χ4n) is 2.06. The zero-order valence-corrected chi connectivity index (χ0v) is 13.3. The summed E-state index contributed by atoms with van der Waals surface area (Å²) in [5, 5.41) is 6.76. The summed E-state index contributed by atoms with van der Waals surface area (Å²) >= 11 is 9.56. The van der Waals surface area contributed by atoms with Crippen LogP contribution in [0.4, 0.5) is 11.4 Å². The summed E-state index contributed by atoms with van der Waals surface area (Å²) in [6.45, 7) is 0.661. The highest BCUT2D eigenvalue weighted by Gasteiger charge is 2.15. The number of fused-ring (bicyclic) bond motifs is 1. The maximum Gasteiger partial charge on any atom is 0.262 e. The van der Waals surface area contributed by atoms with E-state index in [1.54, 1.807) is 0 Å². The highest BCUT2D eigenvalue weighted by Crippen LogP contribution is 2.31. The summed E-state index contributed by atoms with van der Waals surface area (Å²) in [4.78, 5) is 11.3. The Morgan fingerprint density at radius 2 is 2.14 bits per heavy atom. The number of hydrogen-bond acceptors (Lipinski definition) is 3. The minimum absolute atomic E-state index is 0.0638. The van der Waals surface area contributed by atoms with Gasteiger partial charge in [-0.1, -0.05) is 33.6 Å². The molecule has 1 aliphatic rings. The normalized spacial score (nSPS) is 13.1. The van der Waals surface area contributed by atoms with Crippen molar-refractivity contribution in [3.63, 3.8) is 0 Å². The molecular weight excluding hydrogens is 356 g/mol. The number of nitrogens with one attached hydrogen (secondary N) is 2. The topological polar surface area (TPSA) is 50.4 Å². The molecule has 2 aromatic carbocycles. The number of carbonyl (C=O) groups excluding carboxylic acids is 1. The average Bonchev–Trinajstić information content (AvgIpc) is 2.46. The van der Waals surface area contributed by atoms with Crippen molar-refractivity contribution >= 4 is 44.8 Å². The molecule has 4 nitrogen and oxygen atoms in total. The van der Waals surface area contributed by atoms with Crippen LogP contribution in [0.2, 0.25) is 5.02 Å². The summed E-state index contributed by atoms with van der Waals surface area (Å²) in [7, 11) is 0. The third-order valence-electron chi connectivity index (χ3n) is 3.11. The molecule has 6 heteroatoms. The fraction of sp³-hybridized carbons (Fsp3) is 0.133.